The van der Waals surface area contributed by atoms with Gasteiger partial charge in [0.15, 0.2) is 0 Å². The van der Waals surface area contributed by atoms with Crippen molar-refractivity contribution in [3.63, 3.8) is 0 Å². The Morgan fingerprint density at radius 1 is 1.25 bits per heavy atom. The van der Waals surface area contributed by atoms with Crippen LogP contribution < -0.4 is 0 Å². The van der Waals surface area contributed by atoms with Crippen molar-refractivity contribution in [3.05, 3.63) is 62.3 Å². The number of aromatic nitrogens is 1. The van der Waals surface area contributed by atoms with Crippen LogP contribution in [0.2, 0.25) is 0 Å². The lowest BCUT2D eigenvalue weighted by atomic mass is 9.99. The molecule has 0 saturated heterocycles. The number of carbonyl (C=O) groups is 1. The molecule has 0 saturated carbocycles. The van der Waals surface area contributed by atoms with Crippen LogP contribution >= 0.6 is 31.9 Å². The SMILES string of the molecule is CC(C)Cc1cccc(C(=O)c2ncc(Br)cc2Br)c1. The largest absolute Gasteiger partial charge is 0.287 e. The topological polar surface area (TPSA) is 30.0 Å². The first-order valence-electron chi connectivity index (χ1n) is 6.42. The predicted octanol–water partition coefficient (Wildman–Crippen LogP) is 5.04. The molecule has 2 nitrogen and oxygen atoms in total. The Hall–Kier alpha value is -1.000. The molecular weight excluding hydrogens is 382 g/mol. The Morgan fingerprint density at radius 2 is 2.00 bits per heavy atom. The monoisotopic (exact) mass is 395 g/mol. The van der Waals surface area contributed by atoms with Gasteiger partial charge >= 0.3 is 0 Å². The lowest BCUT2D eigenvalue weighted by molar-refractivity contribution is 0.103. The molecule has 4 heteroatoms. The molecule has 0 amide bonds. The molecule has 2 rings (SSSR count). The molecule has 1 aromatic heterocycles. The van der Waals surface area contributed by atoms with Gasteiger partial charge in [0, 0.05) is 20.7 Å². The Balaban J connectivity index is 2.33. The van der Waals surface area contributed by atoms with Crippen molar-refractivity contribution in [1.82, 2.24) is 4.98 Å². The number of hydrogen-bond donors (Lipinski definition) is 0. The maximum Gasteiger partial charge on any atom is 0.212 e. The smallest absolute Gasteiger partial charge is 0.212 e. The van der Waals surface area contributed by atoms with Crippen LogP contribution in [0.25, 0.3) is 0 Å². The zero-order valence-corrected chi connectivity index (χ0v) is 14.5. The average molecular weight is 397 g/mol. The molecule has 0 spiro atoms. The molecule has 0 atom stereocenters. The number of halogens is 2. The molecule has 104 valence electrons. The van der Waals surface area contributed by atoms with E-state index >= 15 is 0 Å². The Kier molecular flexibility index (Phi) is 5.11. The second-order valence-electron chi connectivity index (χ2n) is 5.11. The normalized spacial score (nSPS) is 10.8. The maximum atomic E-state index is 12.5. The fraction of sp³-hybridized carbons (Fsp3) is 0.250. The minimum Gasteiger partial charge on any atom is -0.287 e. The molecule has 0 aliphatic carbocycles. The van der Waals surface area contributed by atoms with Crippen LogP contribution in [0.3, 0.4) is 0 Å². The summed E-state index contributed by atoms with van der Waals surface area (Å²) < 4.78 is 1.54. The lowest BCUT2D eigenvalue weighted by Crippen LogP contribution is -2.06. The highest BCUT2D eigenvalue weighted by Gasteiger charge is 2.15. The summed E-state index contributed by atoms with van der Waals surface area (Å²) in [6.07, 6.45) is 2.60. The molecule has 2 aromatic rings. The summed E-state index contributed by atoms with van der Waals surface area (Å²) in [4.78, 5) is 16.7. The second-order valence-corrected chi connectivity index (χ2v) is 6.88. The van der Waals surface area contributed by atoms with Gasteiger partial charge in [0.2, 0.25) is 5.78 Å². The molecule has 1 heterocycles. The minimum atomic E-state index is -0.0602. The third kappa shape index (κ3) is 3.76. The second kappa shape index (κ2) is 6.64. The van der Waals surface area contributed by atoms with Crippen molar-refractivity contribution in [2.24, 2.45) is 5.92 Å². The maximum absolute atomic E-state index is 12.5. The van der Waals surface area contributed by atoms with Crippen LogP contribution in [-0.2, 0) is 6.42 Å². The average Bonchev–Trinajstić information content (AvgIpc) is 2.37. The summed E-state index contributed by atoms with van der Waals surface area (Å²) in [5.41, 5.74) is 2.30. The van der Waals surface area contributed by atoms with Crippen LogP contribution in [0.15, 0.2) is 45.5 Å². The van der Waals surface area contributed by atoms with Gasteiger partial charge in [-0.25, -0.2) is 0 Å². The molecule has 0 N–H and O–H groups in total. The van der Waals surface area contributed by atoms with Gasteiger partial charge in [-0.15, -0.1) is 0 Å². The van der Waals surface area contributed by atoms with E-state index in [2.05, 4.69) is 56.8 Å². The quantitative estimate of drug-likeness (QED) is 0.678. The van der Waals surface area contributed by atoms with Crippen molar-refractivity contribution in [2.75, 3.05) is 0 Å². The molecule has 0 aliphatic rings. The van der Waals surface area contributed by atoms with Gasteiger partial charge in [0.1, 0.15) is 5.69 Å². The predicted molar refractivity (Wildman–Crippen MR) is 88.1 cm³/mol. The number of ketones is 1. The molecule has 0 unspecified atom stereocenters. The summed E-state index contributed by atoms with van der Waals surface area (Å²) >= 11 is 6.73. The van der Waals surface area contributed by atoms with Crippen molar-refractivity contribution >= 4 is 37.6 Å². The van der Waals surface area contributed by atoms with E-state index < -0.39 is 0 Å². The molecule has 0 radical (unpaired) electrons. The Labute approximate surface area is 135 Å². The van der Waals surface area contributed by atoms with E-state index in [1.54, 1.807) is 6.20 Å². The van der Waals surface area contributed by atoms with E-state index in [4.69, 9.17) is 0 Å². The minimum absolute atomic E-state index is 0.0602. The summed E-state index contributed by atoms with van der Waals surface area (Å²) in [6.45, 7) is 4.34. The summed E-state index contributed by atoms with van der Waals surface area (Å²) in [7, 11) is 0. The molecule has 0 aliphatic heterocycles. The molecule has 0 fully saturated rings. The van der Waals surface area contributed by atoms with Crippen LogP contribution in [0.1, 0.15) is 35.5 Å². The van der Waals surface area contributed by atoms with Crippen LogP contribution in [0.4, 0.5) is 0 Å². The highest BCUT2D eigenvalue weighted by molar-refractivity contribution is 9.11. The van der Waals surface area contributed by atoms with Gasteiger partial charge in [-0.3, -0.25) is 9.78 Å². The van der Waals surface area contributed by atoms with E-state index in [1.165, 1.54) is 5.56 Å². The van der Waals surface area contributed by atoms with Crippen molar-refractivity contribution in [3.8, 4) is 0 Å². The van der Waals surface area contributed by atoms with Gasteiger partial charge in [0.05, 0.1) is 0 Å². The first kappa shape index (κ1) is 15.4. The van der Waals surface area contributed by atoms with Gasteiger partial charge in [-0.2, -0.15) is 0 Å². The van der Waals surface area contributed by atoms with E-state index in [9.17, 15) is 4.79 Å². The number of nitrogens with zero attached hydrogens (tertiary/aromatic N) is 1. The van der Waals surface area contributed by atoms with Gasteiger partial charge in [0.25, 0.3) is 0 Å². The first-order chi connectivity index (χ1) is 9.47. The van der Waals surface area contributed by atoms with E-state index in [0.717, 1.165) is 10.9 Å². The van der Waals surface area contributed by atoms with Crippen molar-refractivity contribution < 1.29 is 4.79 Å². The third-order valence-electron chi connectivity index (χ3n) is 2.86. The van der Waals surface area contributed by atoms with Crippen molar-refractivity contribution in [2.45, 2.75) is 20.3 Å². The number of rotatable bonds is 4. The number of carbonyl (C=O) groups excluding carboxylic acids is 1. The van der Waals surface area contributed by atoms with E-state index in [-0.39, 0.29) is 5.78 Å². The van der Waals surface area contributed by atoms with Gasteiger partial charge in [-0.1, -0.05) is 32.0 Å². The Morgan fingerprint density at radius 3 is 2.65 bits per heavy atom. The van der Waals surface area contributed by atoms with Gasteiger partial charge < -0.3 is 0 Å². The number of hydrogen-bond acceptors (Lipinski definition) is 2. The fourth-order valence-electron chi connectivity index (χ4n) is 2.03. The van der Waals surface area contributed by atoms with Crippen LogP contribution in [-0.4, -0.2) is 10.8 Å². The highest BCUT2D eigenvalue weighted by atomic mass is 79.9. The standard InChI is InChI=1S/C16H15Br2NO/c1-10(2)6-11-4-3-5-12(7-11)16(20)15-14(18)8-13(17)9-19-15/h3-5,7-10H,6H2,1-2H3. The molecule has 1 aromatic carbocycles. The number of benzene rings is 1. The first-order valence-corrected chi connectivity index (χ1v) is 8.00. The summed E-state index contributed by atoms with van der Waals surface area (Å²) in [6, 6.07) is 9.61. The zero-order valence-electron chi connectivity index (χ0n) is 11.4. The van der Waals surface area contributed by atoms with E-state index in [1.807, 2.05) is 24.3 Å². The lowest BCUT2D eigenvalue weighted by Gasteiger charge is -2.08. The molecule has 0 bridgehead atoms. The summed E-state index contributed by atoms with van der Waals surface area (Å²) in [5.74, 6) is 0.507. The number of pyridine rings is 1. The van der Waals surface area contributed by atoms with E-state index in [0.29, 0.717) is 21.6 Å². The van der Waals surface area contributed by atoms with Crippen molar-refractivity contribution in [1.29, 1.82) is 0 Å². The molecule has 20 heavy (non-hydrogen) atoms. The zero-order chi connectivity index (χ0) is 14.7. The fourth-order valence-corrected chi connectivity index (χ4v) is 3.20. The third-order valence-corrected chi connectivity index (χ3v) is 3.89. The van der Waals surface area contributed by atoms with Crippen LogP contribution in [0, 0.1) is 5.92 Å². The Bertz CT molecular complexity index is 638. The van der Waals surface area contributed by atoms with Gasteiger partial charge in [-0.05, 0) is 61.9 Å². The molecular formula is C16H15Br2NO. The summed E-state index contributed by atoms with van der Waals surface area (Å²) in [5, 5.41) is 0. The highest BCUT2D eigenvalue weighted by Crippen LogP contribution is 2.22. The van der Waals surface area contributed by atoms with Crippen LogP contribution in [0.5, 0.6) is 0 Å².